The number of aliphatic carboxylic acids is 1. The van der Waals surface area contributed by atoms with E-state index < -0.39 is 5.97 Å². The van der Waals surface area contributed by atoms with Crippen molar-refractivity contribution in [2.24, 2.45) is 0 Å². The number of hydrogen-bond donors (Lipinski definition) is 1. The van der Waals surface area contributed by atoms with Crippen LogP contribution in [-0.2, 0) is 4.79 Å². The van der Waals surface area contributed by atoms with Crippen molar-refractivity contribution in [2.45, 2.75) is 59.5 Å². The number of aryl methyl sites for hydroxylation is 2. The molecule has 1 rings (SSSR count). The minimum Gasteiger partial charge on any atom is -0.481 e. The Hall–Kier alpha value is -1.29. The Kier molecular flexibility index (Phi) is 5.60. The first-order valence-corrected chi connectivity index (χ1v) is 6.87. The highest BCUT2D eigenvalue weighted by Gasteiger charge is 2.22. The molecule has 0 amide bonds. The zero-order valence-corrected chi connectivity index (χ0v) is 12.6. The highest BCUT2D eigenvalue weighted by Crippen LogP contribution is 2.28. The average molecular weight is 267 g/mol. The van der Waals surface area contributed by atoms with Crippen LogP contribution in [0, 0.1) is 13.8 Å². The molecule has 0 saturated heterocycles. The number of carboxylic acid groups (broad SMARTS) is 1. The van der Waals surface area contributed by atoms with Crippen LogP contribution in [0.2, 0.25) is 0 Å². The predicted octanol–water partition coefficient (Wildman–Crippen LogP) is 3.53. The lowest BCUT2D eigenvalue weighted by atomic mass is 10.1. The maximum atomic E-state index is 10.6. The van der Waals surface area contributed by atoms with Gasteiger partial charge in [-0.1, -0.05) is 0 Å². The summed E-state index contributed by atoms with van der Waals surface area (Å²) in [4.78, 5) is 12.9. The second kappa shape index (κ2) is 6.75. The average Bonchev–Trinajstić information content (AvgIpc) is 2.62. The molecule has 1 atom stereocenters. The Morgan fingerprint density at radius 1 is 1.37 bits per heavy atom. The lowest BCUT2D eigenvalue weighted by molar-refractivity contribution is -0.137. The highest BCUT2D eigenvalue weighted by molar-refractivity contribution is 5.66. The van der Waals surface area contributed by atoms with Crippen LogP contribution in [0.3, 0.4) is 0 Å². The summed E-state index contributed by atoms with van der Waals surface area (Å²) in [5.41, 5.74) is 1.20. The van der Waals surface area contributed by atoms with Crippen molar-refractivity contribution in [1.82, 2.24) is 4.90 Å². The first-order chi connectivity index (χ1) is 8.82. The van der Waals surface area contributed by atoms with E-state index in [1.807, 2.05) is 13.8 Å². The van der Waals surface area contributed by atoms with Gasteiger partial charge in [0.2, 0.25) is 0 Å². The van der Waals surface area contributed by atoms with Gasteiger partial charge in [0.25, 0.3) is 0 Å². The summed E-state index contributed by atoms with van der Waals surface area (Å²) in [6, 6.07) is 2.69. The predicted molar refractivity (Wildman–Crippen MR) is 75.3 cm³/mol. The molecule has 1 aromatic heterocycles. The summed E-state index contributed by atoms with van der Waals surface area (Å²) in [6.45, 7) is 11.1. The number of furan rings is 1. The smallest absolute Gasteiger partial charge is 0.303 e. The van der Waals surface area contributed by atoms with E-state index in [0.29, 0.717) is 12.5 Å². The molecular formula is C15H25NO3. The number of rotatable bonds is 7. The normalized spacial score (nSPS) is 13.2. The second-order valence-electron chi connectivity index (χ2n) is 5.37. The molecule has 1 N–H and O–H groups in total. The molecule has 0 saturated carbocycles. The first kappa shape index (κ1) is 15.8. The lowest BCUT2D eigenvalue weighted by Gasteiger charge is -2.32. The molecule has 1 aromatic rings. The van der Waals surface area contributed by atoms with Gasteiger partial charge in [0, 0.05) is 24.1 Å². The minimum absolute atomic E-state index is 0.222. The van der Waals surface area contributed by atoms with Gasteiger partial charge in [-0.25, -0.2) is 0 Å². The molecule has 0 aromatic carbocycles. The largest absolute Gasteiger partial charge is 0.481 e. The maximum Gasteiger partial charge on any atom is 0.303 e. The molecule has 0 aliphatic rings. The van der Waals surface area contributed by atoms with Gasteiger partial charge in [0.05, 0.1) is 0 Å². The van der Waals surface area contributed by atoms with Gasteiger partial charge < -0.3 is 9.52 Å². The van der Waals surface area contributed by atoms with Gasteiger partial charge in [0.15, 0.2) is 0 Å². The van der Waals surface area contributed by atoms with Crippen LogP contribution in [-0.4, -0.2) is 28.6 Å². The molecular weight excluding hydrogens is 242 g/mol. The first-order valence-electron chi connectivity index (χ1n) is 6.87. The van der Waals surface area contributed by atoms with E-state index in [0.717, 1.165) is 18.1 Å². The SMILES string of the molecule is Cc1cc(C(C)N(CCCC(=O)O)C(C)C)c(C)o1. The minimum atomic E-state index is -0.730. The Morgan fingerprint density at radius 3 is 2.42 bits per heavy atom. The Bertz CT molecular complexity index is 423. The third-order valence-electron chi connectivity index (χ3n) is 3.50. The molecule has 108 valence electrons. The number of carboxylic acids is 1. The zero-order chi connectivity index (χ0) is 14.6. The summed E-state index contributed by atoms with van der Waals surface area (Å²) >= 11 is 0. The third-order valence-corrected chi connectivity index (χ3v) is 3.50. The van der Waals surface area contributed by atoms with Crippen molar-refractivity contribution < 1.29 is 14.3 Å². The zero-order valence-electron chi connectivity index (χ0n) is 12.6. The molecule has 0 spiro atoms. The third kappa shape index (κ3) is 4.39. The van der Waals surface area contributed by atoms with Crippen molar-refractivity contribution in [2.75, 3.05) is 6.54 Å². The fraction of sp³-hybridized carbons (Fsp3) is 0.667. The fourth-order valence-corrected chi connectivity index (χ4v) is 2.56. The molecule has 1 heterocycles. The number of carbonyl (C=O) groups is 1. The molecule has 4 heteroatoms. The fourth-order valence-electron chi connectivity index (χ4n) is 2.56. The number of nitrogens with zero attached hydrogens (tertiary/aromatic N) is 1. The maximum absolute atomic E-state index is 10.6. The van der Waals surface area contributed by atoms with E-state index in [2.05, 4.69) is 31.7 Å². The summed E-state index contributed by atoms with van der Waals surface area (Å²) in [5.74, 6) is 1.15. The van der Waals surface area contributed by atoms with Crippen LogP contribution >= 0.6 is 0 Å². The van der Waals surface area contributed by atoms with Crippen LogP contribution in [0.4, 0.5) is 0 Å². The monoisotopic (exact) mass is 267 g/mol. The van der Waals surface area contributed by atoms with Gasteiger partial charge >= 0.3 is 5.97 Å². The Balaban J connectivity index is 2.75. The quantitative estimate of drug-likeness (QED) is 0.821. The lowest BCUT2D eigenvalue weighted by Crippen LogP contribution is -2.34. The van der Waals surface area contributed by atoms with Crippen LogP contribution in [0.25, 0.3) is 0 Å². The molecule has 0 bridgehead atoms. The van der Waals surface area contributed by atoms with Crippen LogP contribution in [0.5, 0.6) is 0 Å². The van der Waals surface area contributed by atoms with E-state index in [9.17, 15) is 4.79 Å². The standard InChI is InChI=1S/C15H25NO3/c1-10(2)16(8-6-7-15(17)18)12(4)14-9-11(3)19-13(14)5/h9-10,12H,6-8H2,1-5H3,(H,17,18). The van der Waals surface area contributed by atoms with E-state index in [4.69, 9.17) is 9.52 Å². The molecule has 1 unspecified atom stereocenters. The molecule has 4 nitrogen and oxygen atoms in total. The van der Waals surface area contributed by atoms with Crippen LogP contribution < -0.4 is 0 Å². The topological polar surface area (TPSA) is 53.7 Å². The summed E-state index contributed by atoms with van der Waals surface area (Å²) in [6.07, 6.45) is 0.896. The van der Waals surface area contributed by atoms with Crippen molar-refractivity contribution >= 4 is 5.97 Å². The molecule has 0 fully saturated rings. The summed E-state index contributed by atoms with van der Waals surface area (Å²) in [5, 5.41) is 8.73. The second-order valence-corrected chi connectivity index (χ2v) is 5.37. The molecule has 0 aliphatic carbocycles. The van der Waals surface area contributed by atoms with Gasteiger partial charge in [-0.15, -0.1) is 0 Å². The summed E-state index contributed by atoms with van der Waals surface area (Å²) in [7, 11) is 0. The van der Waals surface area contributed by atoms with E-state index in [-0.39, 0.29) is 12.5 Å². The molecule has 0 aliphatic heterocycles. The Labute approximate surface area is 115 Å². The van der Waals surface area contributed by atoms with Crippen molar-refractivity contribution in [3.63, 3.8) is 0 Å². The van der Waals surface area contributed by atoms with Gasteiger partial charge in [0.1, 0.15) is 11.5 Å². The van der Waals surface area contributed by atoms with Crippen LogP contribution in [0.1, 0.15) is 56.7 Å². The van der Waals surface area contributed by atoms with E-state index >= 15 is 0 Å². The van der Waals surface area contributed by atoms with Gasteiger partial charge in [-0.05, 0) is 53.7 Å². The molecule has 0 radical (unpaired) electrons. The van der Waals surface area contributed by atoms with Crippen molar-refractivity contribution in [3.8, 4) is 0 Å². The Morgan fingerprint density at radius 2 is 2.00 bits per heavy atom. The highest BCUT2D eigenvalue weighted by atomic mass is 16.4. The summed E-state index contributed by atoms with van der Waals surface area (Å²) < 4.78 is 5.59. The van der Waals surface area contributed by atoms with Gasteiger partial charge in [-0.2, -0.15) is 0 Å². The molecule has 19 heavy (non-hydrogen) atoms. The van der Waals surface area contributed by atoms with E-state index in [1.165, 1.54) is 5.56 Å². The van der Waals surface area contributed by atoms with Gasteiger partial charge in [-0.3, -0.25) is 9.69 Å². The number of hydrogen-bond acceptors (Lipinski definition) is 3. The van der Waals surface area contributed by atoms with Crippen LogP contribution in [0.15, 0.2) is 10.5 Å². The van der Waals surface area contributed by atoms with Crippen molar-refractivity contribution in [3.05, 3.63) is 23.2 Å². The van der Waals surface area contributed by atoms with E-state index in [1.54, 1.807) is 0 Å². The van der Waals surface area contributed by atoms with Crippen molar-refractivity contribution in [1.29, 1.82) is 0 Å².